The monoisotopic (exact) mass is 583 g/mol. The van der Waals surface area contributed by atoms with Crippen molar-refractivity contribution in [1.29, 1.82) is 0 Å². The fourth-order valence-electron chi connectivity index (χ4n) is 8.55. The zero-order valence-electron chi connectivity index (χ0n) is 28.9. The Morgan fingerprint density at radius 2 is 1.81 bits per heavy atom. The predicted octanol–water partition coefficient (Wildman–Crippen LogP) is 9.81. The summed E-state index contributed by atoms with van der Waals surface area (Å²) in [5.41, 5.74) is 2.85. The Balaban J connectivity index is 0.000000299. The molecule has 3 rings (SSSR count). The first-order valence-electron chi connectivity index (χ1n) is 17.3. The van der Waals surface area contributed by atoms with E-state index in [2.05, 4.69) is 71.7 Å². The van der Waals surface area contributed by atoms with E-state index < -0.39 is 0 Å². The summed E-state index contributed by atoms with van der Waals surface area (Å²) in [5, 5.41) is 10.5. The number of hydrogen-bond acceptors (Lipinski definition) is 4. The summed E-state index contributed by atoms with van der Waals surface area (Å²) in [6, 6.07) is 9.66. The van der Waals surface area contributed by atoms with Crippen LogP contribution in [-0.4, -0.2) is 42.1 Å². The minimum Gasteiger partial charge on any atom is -0.497 e. The molecule has 2 aliphatic rings. The van der Waals surface area contributed by atoms with Crippen molar-refractivity contribution >= 4 is 5.78 Å². The van der Waals surface area contributed by atoms with Crippen LogP contribution in [0.3, 0.4) is 0 Å². The predicted molar refractivity (Wildman–Crippen MR) is 179 cm³/mol. The molecule has 0 aliphatic heterocycles. The Morgan fingerprint density at radius 1 is 1.12 bits per heavy atom. The Hall–Kier alpha value is -1.65. The number of methoxy groups -OCH3 is 1. The van der Waals surface area contributed by atoms with Gasteiger partial charge >= 0.3 is 0 Å². The van der Waals surface area contributed by atoms with Crippen molar-refractivity contribution in [3.05, 3.63) is 41.5 Å². The van der Waals surface area contributed by atoms with Crippen molar-refractivity contribution in [2.45, 2.75) is 144 Å². The molecule has 2 aliphatic carbocycles. The van der Waals surface area contributed by atoms with Gasteiger partial charge in [0.05, 0.1) is 13.2 Å². The van der Waals surface area contributed by atoms with E-state index in [0.29, 0.717) is 42.2 Å². The quantitative estimate of drug-likeness (QED) is 0.249. The third kappa shape index (κ3) is 8.72. The molecule has 1 aromatic carbocycles. The molecule has 0 spiro atoms. The van der Waals surface area contributed by atoms with Crippen LogP contribution in [0.1, 0.15) is 138 Å². The molecular formula is C38H65NO3. The van der Waals surface area contributed by atoms with Gasteiger partial charge < -0.3 is 9.84 Å². The lowest BCUT2D eigenvalue weighted by Crippen LogP contribution is -2.48. The van der Waals surface area contributed by atoms with Crippen LogP contribution in [0.5, 0.6) is 5.75 Å². The molecule has 0 bridgehead atoms. The molecule has 6 unspecified atom stereocenters. The second kappa shape index (κ2) is 17.6. The number of rotatable bonds is 12. The van der Waals surface area contributed by atoms with Crippen LogP contribution in [0.4, 0.5) is 0 Å². The first-order chi connectivity index (χ1) is 20.0. The second-order valence-electron chi connectivity index (χ2n) is 13.4. The van der Waals surface area contributed by atoms with Gasteiger partial charge in [0, 0.05) is 18.5 Å². The van der Waals surface area contributed by atoms with E-state index in [0.717, 1.165) is 25.0 Å². The molecule has 0 amide bonds. The fourth-order valence-corrected chi connectivity index (χ4v) is 8.55. The number of hydrogen-bond donors (Lipinski definition) is 1. The molecular weight excluding hydrogens is 518 g/mol. The summed E-state index contributed by atoms with van der Waals surface area (Å²) >= 11 is 0. The van der Waals surface area contributed by atoms with Crippen molar-refractivity contribution in [2.24, 2.45) is 29.1 Å². The summed E-state index contributed by atoms with van der Waals surface area (Å²) in [6.45, 7) is 17.7. The van der Waals surface area contributed by atoms with Gasteiger partial charge in [-0.05, 0) is 125 Å². The smallest absolute Gasteiger partial charge is 0.155 e. The molecule has 4 heteroatoms. The molecule has 1 N–H and O–H groups in total. The molecule has 0 radical (unpaired) electrons. The lowest BCUT2D eigenvalue weighted by Gasteiger charge is -2.52. The van der Waals surface area contributed by atoms with Crippen LogP contribution in [0, 0.1) is 29.1 Å². The number of allylic oxidation sites excluding steroid dienone is 2. The number of fused-ring (bicyclic) bond motifs is 1. The minimum atomic E-state index is -0.223. The Labute approximate surface area is 259 Å². The number of carbonyl (C=O) groups excluding carboxylic acids is 1. The minimum absolute atomic E-state index is 0.0916. The van der Waals surface area contributed by atoms with Crippen molar-refractivity contribution < 1.29 is 14.6 Å². The number of ether oxygens (including phenoxy) is 1. The first-order valence-corrected chi connectivity index (χ1v) is 17.3. The highest BCUT2D eigenvalue weighted by atomic mass is 16.5. The molecule has 2 fully saturated rings. The zero-order valence-corrected chi connectivity index (χ0v) is 28.9. The van der Waals surface area contributed by atoms with E-state index in [1.54, 1.807) is 7.11 Å². The second-order valence-corrected chi connectivity index (χ2v) is 13.4. The van der Waals surface area contributed by atoms with Crippen molar-refractivity contribution in [3.63, 3.8) is 0 Å². The molecule has 1 aromatic rings. The molecule has 0 heterocycles. The lowest BCUT2D eigenvalue weighted by atomic mass is 9.53. The van der Waals surface area contributed by atoms with Gasteiger partial charge in [-0.1, -0.05) is 72.6 Å². The van der Waals surface area contributed by atoms with Crippen LogP contribution in [0.15, 0.2) is 35.9 Å². The average Bonchev–Trinajstić information content (AvgIpc) is 3.15. The number of aliphatic hydroxyl groups excluding tert-OH is 1. The number of nitrogens with zero attached hydrogens (tertiary/aromatic N) is 1. The third-order valence-electron chi connectivity index (χ3n) is 11.5. The molecule has 240 valence electrons. The third-order valence-corrected chi connectivity index (χ3v) is 11.5. The van der Waals surface area contributed by atoms with Crippen molar-refractivity contribution in [2.75, 3.05) is 14.2 Å². The van der Waals surface area contributed by atoms with E-state index in [1.807, 2.05) is 26.0 Å². The molecule has 0 aromatic heterocycles. The zero-order chi connectivity index (χ0) is 31.4. The maximum atomic E-state index is 11.9. The summed E-state index contributed by atoms with van der Waals surface area (Å²) in [5.74, 6) is 3.69. The van der Waals surface area contributed by atoms with Gasteiger partial charge in [-0.2, -0.15) is 0 Å². The molecule has 42 heavy (non-hydrogen) atoms. The van der Waals surface area contributed by atoms with E-state index in [4.69, 9.17) is 4.74 Å². The van der Waals surface area contributed by atoms with E-state index in [-0.39, 0.29) is 17.3 Å². The van der Waals surface area contributed by atoms with E-state index in [1.165, 1.54) is 56.1 Å². The average molecular weight is 584 g/mol. The summed E-state index contributed by atoms with van der Waals surface area (Å²) in [7, 11) is 4.00. The summed E-state index contributed by atoms with van der Waals surface area (Å²) < 4.78 is 5.36. The van der Waals surface area contributed by atoms with Gasteiger partial charge in [0.1, 0.15) is 5.75 Å². The van der Waals surface area contributed by atoms with Crippen LogP contribution in [-0.2, 0) is 4.79 Å². The van der Waals surface area contributed by atoms with Crippen LogP contribution in [0.2, 0.25) is 0 Å². The molecule has 4 nitrogen and oxygen atoms in total. The summed E-state index contributed by atoms with van der Waals surface area (Å²) in [6.07, 6.45) is 14.1. The van der Waals surface area contributed by atoms with Gasteiger partial charge in [0.15, 0.2) is 5.78 Å². The maximum absolute atomic E-state index is 11.9. The van der Waals surface area contributed by atoms with Gasteiger partial charge in [-0.25, -0.2) is 0 Å². The number of carbonyl (C=O) groups is 1. The largest absolute Gasteiger partial charge is 0.497 e. The van der Waals surface area contributed by atoms with Crippen LogP contribution in [0.25, 0.3) is 0 Å². The SMILES string of the molecule is CCC(=O)/C=C1/CCCC2C(CC[C@](CC)(C(C)O)C2C)C1C.CCCC(c1cccc(OC)c1)N(C)C(CC)CC. The fraction of sp³-hybridized carbons (Fsp3) is 0.763. The lowest BCUT2D eigenvalue weighted by molar-refractivity contribution is -0.114. The highest BCUT2D eigenvalue weighted by Crippen LogP contribution is 2.56. The number of ketones is 1. The van der Waals surface area contributed by atoms with Crippen molar-refractivity contribution in [1.82, 2.24) is 4.90 Å². The highest BCUT2D eigenvalue weighted by Gasteiger charge is 2.50. The van der Waals surface area contributed by atoms with Gasteiger partial charge in [0.2, 0.25) is 0 Å². The standard InChI is InChI=1S/C21H36O2.C17H29NO/c1-6-18(23)13-17-9-8-10-20-15(4)21(7-2,16(5)22)12-11-19(20)14(17)3;1-6-10-17(18(4)15(7-2)8-3)14-11-9-12-16(13-14)19-5/h13-16,19-20,22H,6-12H2,1-5H3;9,11-13,15,17H,6-8,10H2,1-5H3/b17-13-;/t14?,15?,16?,19?,20?,21-;/m0./s1. The van der Waals surface area contributed by atoms with Gasteiger partial charge in [0.25, 0.3) is 0 Å². The number of benzene rings is 1. The summed E-state index contributed by atoms with van der Waals surface area (Å²) in [4.78, 5) is 14.4. The van der Waals surface area contributed by atoms with Crippen LogP contribution >= 0.6 is 0 Å². The normalized spacial score (nSPS) is 28.5. The van der Waals surface area contributed by atoms with Gasteiger partial charge in [-0.15, -0.1) is 0 Å². The van der Waals surface area contributed by atoms with E-state index in [9.17, 15) is 9.90 Å². The van der Waals surface area contributed by atoms with E-state index >= 15 is 0 Å². The highest BCUT2D eigenvalue weighted by molar-refractivity contribution is 5.90. The van der Waals surface area contributed by atoms with Crippen LogP contribution < -0.4 is 4.74 Å². The van der Waals surface area contributed by atoms with Crippen molar-refractivity contribution in [3.8, 4) is 5.75 Å². The molecule has 0 saturated heterocycles. The Kier molecular flexibility index (Phi) is 15.3. The molecule has 7 atom stereocenters. The molecule has 2 saturated carbocycles. The Bertz CT molecular complexity index is 967. The van der Waals surface area contributed by atoms with Gasteiger partial charge in [-0.3, -0.25) is 9.69 Å². The first kappa shape index (κ1) is 36.5. The topological polar surface area (TPSA) is 49.8 Å². The maximum Gasteiger partial charge on any atom is 0.155 e. The number of aliphatic hydroxyl groups is 1. The Morgan fingerprint density at radius 3 is 2.36 bits per heavy atom.